The summed E-state index contributed by atoms with van der Waals surface area (Å²) in [5, 5.41) is 9.85. The quantitative estimate of drug-likeness (QED) is 0.586. The Balaban J connectivity index is 1.68. The second-order valence-corrected chi connectivity index (χ2v) is 12.3. The van der Waals surface area contributed by atoms with E-state index in [-0.39, 0.29) is 41.5 Å². The van der Waals surface area contributed by atoms with Gasteiger partial charge >= 0.3 is 0 Å². The number of aliphatic hydroxyl groups is 1. The number of hydrogen-bond donors (Lipinski definition) is 1. The van der Waals surface area contributed by atoms with E-state index in [1.165, 1.54) is 16.8 Å². The van der Waals surface area contributed by atoms with E-state index in [4.69, 9.17) is 4.74 Å². The fourth-order valence-electron chi connectivity index (χ4n) is 5.12. The minimum Gasteiger partial charge on any atom is -0.487 e. The van der Waals surface area contributed by atoms with Crippen molar-refractivity contribution in [2.24, 2.45) is 11.8 Å². The van der Waals surface area contributed by atoms with E-state index in [0.29, 0.717) is 12.1 Å². The van der Waals surface area contributed by atoms with Crippen molar-refractivity contribution in [2.75, 3.05) is 26.7 Å². The first-order valence-electron chi connectivity index (χ1n) is 13.3. The standard InChI is InChI=1S/C29H37N3O5S/c1-21-18-32(22(2)20-33)38(35,36)28-12-11-24(10-9-23-13-15-30-16-14-23)17-26(28)37-27(21)19-31(3)29(34)25-7-5-4-6-8-25/h11-17,21-22,25,27,33H,4-8,18-20H2,1-3H3/t21-,22-,27+/m0/s1. The average Bonchev–Trinajstić information content (AvgIpc) is 2.93. The first-order valence-corrected chi connectivity index (χ1v) is 14.7. The van der Waals surface area contributed by atoms with Crippen LogP contribution < -0.4 is 4.74 Å². The van der Waals surface area contributed by atoms with E-state index in [1.807, 2.05) is 6.92 Å². The molecule has 0 spiro atoms. The van der Waals surface area contributed by atoms with Gasteiger partial charge in [0.25, 0.3) is 0 Å². The fraction of sp³-hybridized carbons (Fsp3) is 0.517. The molecule has 0 radical (unpaired) electrons. The summed E-state index contributed by atoms with van der Waals surface area (Å²) in [6.07, 6.45) is 8.01. The topological polar surface area (TPSA) is 100 Å². The van der Waals surface area contributed by atoms with Crippen LogP contribution in [0.2, 0.25) is 0 Å². The molecule has 3 atom stereocenters. The highest BCUT2D eigenvalue weighted by Crippen LogP contribution is 2.34. The largest absolute Gasteiger partial charge is 0.487 e. The maximum absolute atomic E-state index is 13.7. The van der Waals surface area contributed by atoms with E-state index >= 15 is 0 Å². The van der Waals surface area contributed by atoms with E-state index in [0.717, 1.165) is 31.2 Å². The highest BCUT2D eigenvalue weighted by atomic mass is 32.2. The highest BCUT2D eigenvalue weighted by Gasteiger charge is 2.38. The zero-order valence-electron chi connectivity index (χ0n) is 22.3. The second kappa shape index (κ2) is 12.3. The number of hydrogen-bond acceptors (Lipinski definition) is 6. The lowest BCUT2D eigenvalue weighted by Crippen LogP contribution is -2.50. The molecule has 204 valence electrons. The molecule has 38 heavy (non-hydrogen) atoms. The number of benzene rings is 1. The van der Waals surface area contributed by atoms with Gasteiger partial charge in [0, 0.05) is 55.0 Å². The molecule has 8 nitrogen and oxygen atoms in total. The van der Waals surface area contributed by atoms with Crippen LogP contribution in [0.4, 0.5) is 0 Å². The van der Waals surface area contributed by atoms with Gasteiger partial charge in [0.1, 0.15) is 16.7 Å². The Morgan fingerprint density at radius 3 is 2.53 bits per heavy atom. The summed E-state index contributed by atoms with van der Waals surface area (Å²) in [4.78, 5) is 18.9. The highest BCUT2D eigenvalue weighted by molar-refractivity contribution is 7.89. The van der Waals surface area contributed by atoms with Gasteiger partial charge < -0.3 is 14.7 Å². The van der Waals surface area contributed by atoms with Gasteiger partial charge in [-0.1, -0.05) is 38.0 Å². The SMILES string of the molecule is C[C@H]1CN([C@@H](C)CO)S(=O)(=O)c2ccc(C#Cc3ccncc3)cc2O[C@@H]1CN(C)C(=O)C1CCCCC1. The van der Waals surface area contributed by atoms with Crippen molar-refractivity contribution in [2.45, 2.75) is 63.0 Å². The number of likely N-dealkylation sites (N-methyl/N-ethyl adjacent to an activating group) is 1. The lowest BCUT2D eigenvalue weighted by atomic mass is 9.88. The number of ether oxygens (including phenoxy) is 1. The predicted octanol–water partition coefficient (Wildman–Crippen LogP) is 3.29. The van der Waals surface area contributed by atoms with Crippen LogP contribution in [0.1, 0.15) is 57.1 Å². The number of sulfonamides is 1. The molecular formula is C29H37N3O5S. The number of carbonyl (C=O) groups excluding carboxylic acids is 1. The molecule has 0 unspecified atom stereocenters. The molecule has 1 aliphatic carbocycles. The third kappa shape index (κ3) is 6.37. The van der Waals surface area contributed by atoms with E-state index in [1.54, 1.807) is 55.5 Å². The van der Waals surface area contributed by atoms with Crippen molar-refractivity contribution in [1.29, 1.82) is 0 Å². The van der Waals surface area contributed by atoms with Crippen LogP contribution in [-0.2, 0) is 14.8 Å². The number of aliphatic hydroxyl groups excluding tert-OH is 1. The number of pyridine rings is 1. The molecule has 1 amide bonds. The molecule has 4 rings (SSSR count). The molecule has 0 saturated heterocycles. The lowest BCUT2D eigenvalue weighted by molar-refractivity contribution is -0.136. The van der Waals surface area contributed by atoms with Crippen LogP contribution >= 0.6 is 0 Å². The Morgan fingerprint density at radius 1 is 1.16 bits per heavy atom. The Kier molecular flexibility index (Phi) is 9.08. The molecule has 9 heteroatoms. The summed E-state index contributed by atoms with van der Waals surface area (Å²) in [5.41, 5.74) is 1.40. The van der Waals surface area contributed by atoms with Gasteiger partial charge in [-0.25, -0.2) is 8.42 Å². The van der Waals surface area contributed by atoms with Gasteiger partial charge in [-0.3, -0.25) is 9.78 Å². The Morgan fingerprint density at radius 2 is 1.84 bits per heavy atom. The molecule has 2 heterocycles. The fourth-order valence-corrected chi connectivity index (χ4v) is 6.95. The van der Waals surface area contributed by atoms with Gasteiger partial charge in [-0.15, -0.1) is 0 Å². The number of amides is 1. The minimum absolute atomic E-state index is 0.0328. The molecule has 1 fully saturated rings. The van der Waals surface area contributed by atoms with Crippen molar-refractivity contribution >= 4 is 15.9 Å². The van der Waals surface area contributed by atoms with Gasteiger partial charge in [-0.2, -0.15) is 4.31 Å². The summed E-state index contributed by atoms with van der Waals surface area (Å²) in [6, 6.07) is 7.81. The number of fused-ring (bicyclic) bond motifs is 1. The van der Waals surface area contributed by atoms with Gasteiger partial charge in [-0.05, 0) is 50.1 Å². The zero-order chi connectivity index (χ0) is 27.3. The van der Waals surface area contributed by atoms with Crippen LogP contribution in [0.5, 0.6) is 5.75 Å². The predicted molar refractivity (Wildman–Crippen MR) is 145 cm³/mol. The smallest absolute Gasteiger partial charge is 0.247 e. The molecule has 1 saturated carbocycles. The first-order chi connectivity index (χ1) is 18.2. The van der Waals surface area contributed by atoms with Gasteiger partial charge in [0.15, 0.2) is 0 Å². The van der Waals surface area contributed by atoms with Crippen LogP contribution in [-0.4, -0.2) is 72.5 Å². The van der Waals surface area contributed by atoms with Gasteiger partial charge in [0.05, 0.1) is 13.2 Å². The van der Waals surface area contributed by atoms with Crippen molar-refractivity contribution in [1.82, 2.24) is 14.2 Å². The molecule has 0 bridgehead atoms. The Labute approximate surface area is 226 Å². The molecule has 2 aliphatic rings. The van der Waals surface area contributed by atoms with Crippen LogP contribution in [0.3, 0.4) is 0 Å². The molecule has 1 aliphatic heterocycles. The number of carbonyl (C=O) groups is 1. The van der Waals surface area contributed by atoms with Crippen molar-refractivity contribution in [3.63, 3.8) is 0 Å². The third-order valence-electron chi connectivity index (χ3n) is 7.48. The van der Waals surface area contributed by atoms with Crippen LogP contribution in [0.25, 0.3) is 0 Å². The molecule has 1 aromatic carbocycles. The van der Waals surface area contributed by atoms with Crippen molar-refractivity contribution in [3.05, 3.63) is 53.9 Å². The van der Waals surface area contributed by atoms with Crippen LogP contribution in [0.15, 0.2) is 47.6 Å². The Hall–Kier alpha value is -2.93. The second-order valence-electron chi connectivity index (χ2n) is 10.4. The summed E-state index contributed by atoms with van der Waals surface area (Å²) in [5.74, 6) is 6.26. The molecular weight excluding hydrogens is 502 g/mol. The monoisotopic (exact) mass is 539 g/mol. The third-order valence-corrected chi connectivity index (χ3v) is 9.50. The summed E-state index contributed by atoms with van der Waals surface area (Å²) in [7, 11) is -2.15. The molecule has 2 aromatic rings. The molecule has 1 N–H and O–H groups in total. The maximum atomic E-state index is 13.7. The van der Waals surface area contributed by atoms with E-state index < -0.39 is 22.2 Å². The summed E-state index contributed by atoms with van der Waals surface area (Å²) in [6.45, 7) is 3.82. The average molecular weight is 540 g/mol. The maximum Gasteiger partial charge on any atom is 0.247 e. The van der Waals surface area contributed by atoms with Crippen molar-refractivity contribution in [3.8, 4) is 17.6 Å². The summed E-state index contributed by atoms with van der Waals surface area (Å²) < 4.78 is 35.1. The number of aromatic nitrogens is 1. The van der Waals surface area contributed by atoms with Crippen LogP contribution in [0, 0.1) is 23.7 Å². The number of nitrogens with zero attached hydrogens (tertiary/aromatic N) is 3. The number of rotatable bonds is 5. The van der Waals surface area contributed by atoms with E-state index in [2.05, 4.69) is 16.8 Å². The minimum atomic E-state index is -3.94. The van der Waals surface area contributed by atoms with E-state index in [9.17, 15) is 18.3 Å². The summed E-state index contributed by atoms with van der Waals surface area (Å²) >= 11 is 0. The first kappa shape index (κ1) is 28.1. The Bertz CT molecular complexity index is 1280. The molecule has 1 aromatic heterocycles. The zero-order valence-corrected chi connectivity index (χ0v) is 23.2. The normalized spacial score (nSPS) is 22.5. The van der Waals surface area contributed by atoms with Crippen molar-refractivity contribution < 1.29 is 23.1 Å². The lowest BCUT2D eigenvalue weighted by Gasteiger charge is -2.38. The van der Waals surface area contributed by atoms with Gasteiger partial charge in [0.2, 0.25) is 15.9 Å².